The Balaban J connectivity index is 1.23. The number of halogens is 1. The minimum absolute atomic E-state index is 0.0313. The summed E-state index contributed by atoms with van der Waals surface area (Å²) >= 11 is 1.42. The van der Waals surface area contributed by atoms with E-state index in [1.54, 1.807) is 4.90 Å². The van der Waals surface area contributed by atoms with E-state index in [1.165, 1.54) is 11.8 Å². The zero-order chi connectivity index (χ0) is 23.9. The molecule has 10 heteroatoms. The maximum absolute atomic E-state index is 14.0. The molecule has 182 valence electrons. The molecule has 4 aliphatic rings. The van der Waals surface area contributed by atoms with E-state index in [4.69, 9.17) is 4.74 Å². The van der Waals surface area contributed by atoms with Gasteiger partial charge in [-0.25, -0.2) is 9.18 Å². The third-order valence-corrected chi connectivity index (χ3v) is 8.25. The van der Waals surface area contributed by atoms with Crippen molar-refractivity contribution >= 4 is 29.4 Å². The molecular weight excluding hydrogens is 469 g/mol. The smallest absolute Gasteiger partial charge is 0.326 e. The van der Waals surface area contributed by atoms with Crippen LogP contribution in [0.3, 0.4) is 0 Å². The lowest BCUT2D eigenvalue weighted by atomic mass is 9.86. The monoisotopic (exact) mass is 495 g/mol. The van der Waals surface area contributed by atoms with Crippen molar-refractivity contribution in [2.24, 2.45) is 5.92 Å². The predicted octanol–water partition coefficient (Wildman–Crippen LogP) is 2.70. The van der Waals surface area contributed by atoms with Crippen LogP contribution in [0, 0.1) is 5.92 Å². The first kappa shape index (κ1) is 22.4. The van der Waals surface area contributed by atoms with E-state index < -0.39 is 12.2 Å². The number of piperidine rings is 1. The molecule has 3 unspecified atom stereocenters. The van der Waals surface area contributed by atoms with Gasteiger partial charge in [-0.05, 0) is 49.4 Å². The average molecular weight is 496 g/mol. The molecule has 2 aromatic carbocycles. The number of rotatable bonds is 5. The first-order valence-electron chi connectivity index (χ1n) is 11.8. The highest BCUT2D eigenvalue weighted by atomic mass is 32.2. The number of urea groups is 1. The van der Waals surface area contributed by atoms with Gasteiger partial charge in [-0.3, -0.25) is 9.69 Å². The average Bonchev–Trinajstić information content (AvgIpc) is 3.44. The summed E-state index contributed by atoms with van der Waals surface area (Å²) in [4.78, 5) is 28.6. The second-order valence-electron chi connectivity index (χ2n) is 9.08. The standard InChI is InChI=1S/C25H26FN5O3S/c26-17-12-27-13-18(17)29-23(32)22-21-20-19(10-11-28-24(20)35-22)31(25(33)30-21)14-6-8-16(9-7-14)34-15-4-2-1-3-5-15/h1-9,17-20,24,27-28H,10-13H2,(H,29,32)(H,30,33)/t17-,18-,19?,20?,24?/m0/s1. The van der Waals surface area contributed by atoms with Gasteiger partial charge in [0, 0.05) is 30.4 Å². The van der Waals surface area contributed by atoms with Crippen molar-refractivity contribution in [2.75, 3.05) is 24.5 Å². The van der Waals surface area contributed by atoms with Crippen LogP contribution in [0.15, 0.2) is 65.2 Å². The van der Waals surface area contributed by atoms with Gasteiger partial charge in [0.1, 0.15) is 17.7 Å². The minimum atomic E-state index is -1.12. The molecule has 3 amide bonds. The fraction of sp³-hybridized carbons (Fsp3) is 0.360. The molecule has 4 aliphatic heterocycles. The lowest BCUT2D eigenvalue weighted by Crippen LogP contribution is -2.62. The number of para-hydroxylation sites is 1. The van der Waals surface area contributed by atoms with Gasteiger partial charge in [0.15, 0.2) is 0 Å². The Morgan fingerprint density at radius 3 is 2.60 bits per heavy atom. The van der Waals surface area contributed by atoms with Gasteiger partial charge in [0.2, 0.25) is 0 Å². The molecule has 0 spiro atoms. The van der Waals surface area contributed by atoms with E-state index in [0.29, 0.717) is 22.9 Å². The molecule has 4 heterocycles. The maximum Gasteiger partial charge on any atom is 0.326 e. The number of thioether (sulfide) groups is 1. The molecule has 0 aliphatic carbocycles. The van der Waals surface area contributed by atoms with Crippen molar-refractivity contribution in [3.63, 3.8) is 0 Å². The van der Waals surface area contributed by atoms with Gasteiger partial charge in [0.25, 0.3) is 5.91 Å². The van der Waals surface area contributed by atoms with Crippen molar-refractivity contribution in [1.82, 2.24) is 21.3 Å². The van der Waals surface area contributed by atoms with Crippen LogP contribution >= 0.6 is 11.8 Å². The zero-order valence-corrected chi connectivity index (χ0v) is 19.7. The summed E-state index contributed by atoms with van der Waals surface area (Å²) in [7, 11) is 0. The largest absolute Gasteiger partial charge is 0.457 e. The number of hydrogen-bond donors (Lipinski definition) is 4. The van der Waals surface area contributed by atoms with E-state index in [-0.39, 0.29) is 35.8 Å². The van der Waals surface area contributed by atoms with E-state index >= 15 is 0 Å². The molecule has 2 aromatic rings. The first-order chi connectivity index (χ1) is 17.1. The Hall–Kier alpha value is -3.08. The number of benzene rings is 2. The van der Waals surface area contributed by atoms with Crippen LogP contribution in [0.4, 0.5) is 14.9 Å². The fourth-order valence-corrected chi connectivity index (χ4v) is 6.64. The molecule has 0 saturated carbocycles. The van der Waals surface area contributed by atoms with Crippen LogP contribution in [-0.2, 0) is 4.79 Å². The molecule has 6 rings (SSSR count). The predicted molar refractivity (Wildman–Crippen MR) is 132 cm³/mol. The zero-order valence-electron chi connectivity index (χ0n) is 18.9. The van der Waals surface area contributed by atoms with Crippen molar-refractivity contribution in [3.05, 3.63) is 65.2 Å². The number of alkyl halides is 1. The fourth-order valence-electron chi connectivity index (χ4n) is 5.24. The number of carbonyl (C=O) groups is 2. The lowest BCUT2D eigenvalue weighted by Gasteiger charge is -2.45. The normalized spacial score (nSPS) is 29.6. The molecule has 0 aromatic heterocycles. The van der Waals surface area contributed by atoms with Gasteiger partial charge in [-0.1, -0.05) is 30.0 Å². The number of nitrogens with zero attached hydrogens (tertiary/aromatic N) is 1. The number of carbonyl (C=O) groups excluding carboxylic acids is 2. The molecule has 0 bridgehead atoms. The summed E-state index contributed by atoms with van der Waals surface area (Å²) in [6, 6.07) is 16.1. The van der Waals surface area contributed by atoms with Gasteiger partial charge >= 0.3 is 6.03 Å². The van der Waals surface area contributed by atoms with E-state index in [2.05, 4.69) is 21.3 Å². The summed E-state index contributed by atoms with van der Waals surface area (Å²) in [5.74, 6) is 1.04. The van der Waals surface area contributed by atoms with Crippen LogP contribution in [-0.4, -0.2) is 55.2 Å². The van der Waals surface area contributed by atoms with Gasteiger partial charge in [-0.2, -0.15) is 0 Å². The number of hydrogen-bond acceptors (Lipinski definition) is 6. The summed E-state index contributed by atoms with van der Waals surface area (Å²) in [5, 5.41) is 12.2. The highest BCUT2D eigenvalue weighted by molar-refractivity contribution is 8.04. The van der Waals surface area contributed by atoms with Gasteiger partial charge in [-0.15, -0.1) is 0 Å². The van der Waals surface area contributed by atoms with Crippen LogP contribution < -0.4 is 30.9 Å². The third-order valence-electron chi connectivity index (χ3n) is 6.90. The van der Waals surface area contributed by atoms with E-state index in [0.717, 1.165) is 24.4 Å². The second-order valence-corrected chi connectivity index (χ2v) is 10.2. The number of anilines is 1. The first-order valence-corrected chi connectivity index (χ1v) is 12.7. The van der Waals surface area contributed by atoms with Crippen molar-refractivity contribution in [1.29, 1.82) is 0 Å². The molecule has 5 atom stereocenters. The Morgan fingerprint density at radius 1 is 1.09 bits per heavy atom. The molecule has 3 saturated heterocycles. The van der Waals surface area contributed by atoms with Crippen LogP contribution in [0.5, 0.6) is 11.5 Å². The summed E-state index contributed by atoms with van der Waals surface area (Å²) in [6.07, 6.45) is -0.357. The number of ether oxygens (including phenoxy) is 1. The maximum atomic E-state index is 14.0. The molecule has 8 nitrogen and oxygen atoms in total. The lowest BCUT2D eigenvalue weighted by molar-refractivity contribution is -0.117. The highest BCUT2D eigenvalue weighted by Gasteiger charge is 2.52. The van der Waals surface area contributed by atoms with Crippen molar-refractivity contribution < 1.29 is 18.7 Å². The van der Waals surface area contributed by atoms with Crippen LogP contribution in [0.1, 0.15) is 6.42 Å². The quantitative estimate of drug-likeness (QED) is 0.510. The summed E-state index contributed by atoms with van der Waals surface area (Å²) in [5.41, 5.74) is 1.41. The SMILES string of the molecule is O=C(N[C@H]1CNC[C@@H]1F)C1=C2NC(=O)N(c3ccc(Oc4ccccc4)cc3)C3CCNC(S1)C23. The number of nitrogens with one attached hydrogen (secondary N) is 4. The highest BCUT2D eigenvalue weighted by Crippen LogP contribution is 2.48. The Kier molecular flexibility index (Phi) is 5.87. The Morgan fingerprint density at radius 2 is 1.86 bits per heavy atom. The van der Waals surface area contributed by atoms with Crippen LogP contribution in [0.2, 0.25) is 0 Å². The van der Waals surface area contributed by atoms with Crippen molar-refractivity contribution in [2.45, 2.75) is 30.1 Å². The topological polar surface area (TPSA) is 94.7 Å². The van der Waals surface area contributed by atoms with Gasteiger partial charge < -0.3 is 26.0 Å². The summed E-state index contributed by atoms with van der Waals surface area (Å²) in [6.45, 7) is 1.37. The minimum Gasteiger partial charge on any atom is -0.457 e. The summed E-state index contributed by atoms with van der Waals surface area (Å²) < 4.78 is 19.9. The Labute approximate surface area is 206 Å². The molecule has 3 fully saturated rings. The molecular formula is C25H26FN5O3S. The van der Waals surface area contributed by atoms with Gasteiger partial charge in [0.05, 0.1) is 22.4 Å². The second kappa shape index (κ2) is 9.18. The Bertz CT molecular complexity index is 1160. The number of amides is 3. The molecule has 35 heavy (non-hydrogen) atoms. The third kappa shape index (κ3) is 4.15. The van der Waals surface area contributed by atoms with E-state index in [1.807, 2.05) is 54.6 Å². The molecule has 4 N–H and O–H groups in total. The van der Waals surface area contributed by atoms with Crippen LogP contribution in [0.25, 0.3) is 0 Å². The molecule has 0 radical (unpaired) electrons. The van der Waals surface area contributed by atoms with Crippen molar-refractivity contribution in [3.8, 4) is 11.5 Å². The van der Waals surface area contributed by atoms with E-state index in [9.17, 15) is 14.0 Å².